The molecule has 0 aromatic heterocycles. The van der Waals surface area contributed by atoms with Crippen molar-refractivity contribution < 1.29 is 4.92 Å². The summed E-state index contributed by atoms with van der Waals surface area (Å²) in [5, 5.41) is 11.2. The predicted molar refractivity (Wildman–Crippen MR) is 58.4 cm³/mol. The number of alkyl halides is 1. The Morgan fingerprint density at radius 3 is 2.93 bits per heavy atom. The van der Waals surface area contributed by atoms with E-state index in [-0.39, 0.29) is 5.69 Å². The van der Waals surface area contributed by atoms with E-state index in [1.54, 1.807) is 12.1 Å². The summed E-state index contributed by atoms with van der Waals surface area (Å²) < 4.78 is 0. The second kappa shape index (κ2) is 5.40. The molecule has 0 aliphatic rings. The van der Waals surface area contributed by atoms with Crippen LogP contribution >= 0.6 is 15.9 Å². The van der Waals surface area contributed by atoms with Gasteiger partial charge in [0, 0.05) is 29.4 Å². The maximum atomic E-state index is 10.4. The van der Waals surface area contributed by atoms with E-state index < -0.39 is 4.92 Å². The van der Waals surface area contributed by atoms with Gasteiger partial charge in [-0.1, -0.05) is 33.8 Å². The Bertz CT molecular complexity index is 393. The van der Waals surface area contributed by atoms with Crippen molar-refractivity contribution in [2.45, 2.75) is 6.42 Å². The van der Waals surface area contributed by atoms with Crippen molar-refractivity contribution in [3.8, 4) is 11.8 Å². The summed E-state index contributed by atoms with van der Waals surface area (Å²) >= 11 is 3.25. The Balaban J connectivity index is 2.85. The predicted octanol–water partition coefficient (Wildman–Crippen LogP) is 2.73. The number of halogens is 1. The monoisotopic (exact) mass is 253 g/mol. The molecule has 0 aliphatic carbocycles. The highest BCUT2D eigenvalue weighted by molar-refractivity contribution is 9.09. The molecule has 0 saturated heterocycles. The minimum atomic E-state index is -0.421. The lowest BCUT2D eigenvalue weighted by atomic mass is 10.2. The zero-order valence-corrected chi connectivity index (χ0v) is 8.95. The summed E-state index contributed by atoms with van der Waals surface area (Å²) in [6.45, 7) is 0. The van der Waals surface area contributed by atoms with Gasteiger partial charge in [-0.25, -0.2) is 0 Å². The molecule has 0 atom stereocenters. The van der Waals surface area contributed by atoms with E-state index in [0.717, 1.165) is 11.8 Å². The van der Waals surface area contributed by atoms with E-state index in [2.05, 4.69) is 27.8 Å². The molecule has 0 bridgehead atoms. The number of nitro benzene ring substituents is 1. The van der Waals surface area contributed by atoms with Gasteiger partial charge < -0.3 is 0 Å². The summed E-state index contributed by atoms with van der Waals surface area (Å²) in [7, 11) is 0. The zero-order chi connectivity index (χ0) is 10.4. The first kappa shape index (κ1) is 10.7. The Morgan fingerprint density at radius 2 is 2.29 bits per heavy atom. The second-order valence-electron chi connectivity index (χ2n) is 2.55. The van der Waals surface area contributed by atoms with Crippen LogP contribution in [0.25, 0.3) is 0 Å². The van der Waals surface area contributed by atoms with Gasteiger partial charge in [-0.05, 0) is 6.07 Å². The topological polar surface area (TPSA) is 43.1 Å². The molecule has 4 heteroatoms. The minimum absolute atomic E-state index is 0.0793. The molecule has 0 fully saturated rings. The van der Waals surface area contributed by atoms with Crippen molar-refractivity contribution in [2.75, 3.05) is 5.33 Å². The fourth-order valence-electron chi connectivity index (χ4n) is 0.909. The highest BCUT2D eigenvalue weighted by Crippen LogP contribution is 2.11. The van der Waals surface area contributed by atoms with Crippen LogP contribution < -0.4 is 0 Å². The molecular weight excluding hydrogens is 246 g/mol. The zero-order valence-electron chi connectivity index (χ0n) is 7.37. The van der Waals surface area contributed by atoms with Gasteiger partial charge in [-0.3, -0.25) is 10.1 Å². The molecule has 0 N–H and O–H groups in total. The molecular formula is C10H8BrNO2. The van der Waals surface area contributed by atoms with Crippen LogP contribution in [-0.2, 0) is 0 Å². The lowest BCUT2D eigenvalue weighted by Crippen LogP contribution is -1.87. The van der Waals surface area contributed by atoms with Crippen LogP contribution in [-0.4, -0.2) is 10.3 Å². The van der Waals surface area contributed by atoms with Gasteiger partial charge in [0.1, 0.15) is 0 Å². The number of non-ortho nitro benzene ring substituents is 1. The van der Waals surface area contributed by atoms with Crippen molar-refractivity contribution in [3.63, 3.8) is 0 Å². The van der Waals surface area contributed by atoms with Crippen molar-refractivity contribution in [2.24, 2.45) is 0 Å². The van der Waals surface area contributed by atoms with Crippen LogP contribution in [0.15, 0.2) is 24.3 Å². The highest BCUT2D eigenvalue weighted by Gasteiger charge is 2.03. The molecule has 0 amide bonds. The van der Waals surface area contributed by atoms with Crippen molar-refractivity contribution in [1.29, 1.82) is 0 Å². The number of rotatable bonds is 2. The molecule has 0 unspecified atom stereocenters. The molecule has 0 heterocycles. The molecule has 1 aromatic rings. The van der Waals surface area contributed by atoms with Crippen LogP contribution in [0.2, 0.25) is 0 Å². The third-order valence-electron chi connectivity index (χ3n) is 1.51. The smallest absolute Gasteiger partial charge is 0.258 e. The van der Waals surface area contributed by atoms with Gasteiger partial charge in [0.25, 0.3) is 5.69 Å². The van der Waals surface area contributed by atoms with Gasteiger partial charge in [0.2, 0.25) is 0 Å². The summed E-state index contributed by atoms with van der Waals surface area (Å²) in [6.07, 6.45) is 0.739. The van der Waals surface area contributed by atoms with Crippen LogP contribution in [0, 0.1) is 22.0 Å². The third-order valence-corrected chi connectivity index (χ3v) is 1.91. The quantitative estimate of drug-likeness (QED) is 0.352. The SMILES string of the molecule is O=[N+]([O-])c1cccc(C#CCCBr)c1. The Hall–Kier alpha value is -1.34. The maximum absolute atomic E-state index is 10.4. The standard InChI is InChI=1S/C10H8BrNO2/c11-7-2-1-4-9-5-3-6-10(8-9)12(13)14/h3,5-6,8H,2,7H2. The number of benzene rings is 1. The molecule has 0 saturated carbocycles. The van der Waals surface area contributed by atoms with E-state index in [1.165, 1.54) is 12.1 Å². The van der Waals surface area contributed by atoms with E-state index in [4.69, 9.17) is 0 Å². The molecule has 1 aromatic carbocycles. The number of nitrogens with zero attached hydrogens (tertiary/aromatic N) is 1. The van der Waals surface area contributed by atoms with Gasteiger partial charge in [0.15, 0.2) is 0 Å². The Labute approximate surface area is 90.4 Å². The fourth-order valence-corrected chi connectivity index (χ4v) is 1.11. The second-order valence-corrected chi connectivity index (χ2v) is 3.34. The first-order valence-corrected chi connectivity index (χ1v) is 5.15. The van der Waals surface area contributed by atoms with Crippen LogP contribution in [0.1, 0.15) is 12.0 Å². The van der Waals surface area contributed by atoms with Crippen molar-refractivity contribution >= 4 is 21.6 Å². The summed E-state index contributed by atoms with van der Waals surface area (Å²) in [5.74, 6) is 5.75. The van der Waals surface area contributed by atoms with E-state index >= 15 is 0 Å². The summed E-state index contributed by atoms with van der Waals surface area (Å²) in [5.41, 5.74) is 0.760. The number of nitro groups is 1. The van der Waals surface area contributed by atoms with E-state index in [0.29, 0.717) is 5.56 Å². The van der Waals surface area contributed by atoms with E-state index in [1.807, 2.05) is 0 Å². The molecule has 0 radical (unpaired) electrons. The summed E-state index contributed by atoms with van der Waals surface area (Å²) in [4.78, 5) is 10.0. The molecule has 0 spiro atoms. The normalized spacial score (nSPS) is 8.93. The van der Waals surface area contributed by atoms with Crippen LogP contribution in [0.5, 0.6) is 0 Å². The average Bonchev–Trinajstić information content (AvgIpc) is 2.19. The average molecular weight is 254 g/mol. The molecule has 3 nitrogen and oxygen atoms in total. The summed E-state index contributed by atoms with van der Waals surface area (Å²) in [6, 6.07) is 6.32. The Kier molecular flexibility index (Phi) is 4.14. The van der Waals surface area contributed by atoms with Gasteiger partial charge in [-0.15, -0.1) is 0 Å². The molecule has 72 valence electrons. The number of hydrogen-bond acceptors (Lipinski definition) is 2. The van der Waals surface area contributed by atoms with Gasteiger partial charge in [0.05, 0.1) is 4.92 Å². The lowest BCUT2D eigenvalue weighted by Gasteiger charge is -1.91. The first-order valence-electron chi connectivity index (χ1n) is 4.03. The highest BCUT2D eigenvalue weighted by atomic mass is 79.9. The fraction of sp³-hybridized carbons (Fsp3) is 0.200. The minimum Gasteiger partial charge on any atom is -0.258 e. The number of hydrogen-bond donors (Lipinski definition) is 0. The van der Waals surface area contributed by atoms with Crippen molar-refractivity contribution in [1.82, 2.24) is 0 Å². The first-order chi connectivity index (χ1) is 6.74. The third kappa shape index (κ3) is 3.19. The molecule has 0 aliphatic heterocycles. The van der Waals surface area contributed by atoms with Gasteiger partial charge >= 0.3 is 0 Å². The largest absolute Gasteiger partial charge is 0.270 e. The Morgan fingerprint density at radius 1 is 1.50 bits per heavy atom. The lowest BCUT2D eigenvalue weighted by molar-refractivity contribution is -0.384. The van der Waals surface area contributed by atoms with Crippen LogP contribution in [0.3, 0.4) is 0 Å². The molecule has 14 heavy (non-hydrogen) atoms. The van der Waals surface area contributed by atoms with Gasteiger partial charge in [-0.2, -0.15) is 0 Å². The molecule has 1 rings (SSSR count). The van der Waals surface area contributed by atoms with E-state index in [9.17, 15) is 10.1 Å². The van der Waals surface area contributed by atoms with Crippen LogP contribution in [0.4, 0.5) is 5.69 Å². The maximum Gasteiger partial charge on any atom is 0.270 e. The van der Waals surface area contributed by atoms with Crippen molar-refractivity contribution in [3.05, 3.63) is 39.9 Å².